The van der Waals surface area contributed by atoms with Crippen molar-refractivity contribution in [3.63, 3.8) is 0 Å². The van der Waals surface area contributed by atoms with Gasteiger partial charge >= 0.3 is 5.97 Å². The molecule has 1 rings (SSSR count). The SMILES string of the molecule is CCOC(=O)/C(=C\c1ccc(F)cc1)S(C)(=O)=O. The van der Waals surface area contributed by atoms with E-state index in [9.17, 15) is 17.6 Å². The first-order valence-electron chi connectivity index (χ1n) is 5.19. The Bertz CT molecular complexity index is 558. The molecular formula is C12H13FO4S. The van der Waals surface area contributed by atoms with Crippen LogP contribution in [0.1, 0.15) is 12.5 Å². The number of sulfone groups is 1. The number of rotatable bonds is 4. The zero-order valence-corrected chi connectivity index (χ0v) is 10.8. The van der Waals surface area contributed by atoms with E-state index in [1.165, 1.54) is 24.3 Å². The van der Waals surface area contributed by atoms with Crippen molar-refractivity contribution >= 4 is 21.9 Å². The molecule has 4 nitrogen and oxygen atoms in total. The highest BCUT2D eigenvalue weighted by molar-refractivity contribution is 7.95. The second-order valence-corrected chi connectivity index (χ2v) is 5.54. The Morgan fingerprint density at radius 3 is 2.33 bits per heavy atom. The van der Waals surface area contributed by atoms with Crippen molar-refractivity contribution in [1.29, 1.82) is 0 Å². The molecule has 0 saturated carbocycles. The van der Waals surface area contributed by atoms with Gasteiger partial charge < -0.3 is 4.74 Å². The molecule has 6 heteroatoms. The summed E-state index contributed by atoms with van der Waals surface area (Å²) in [6.07, 6.45) is 2.08. The summed E-state index contributed by atoms with van der Waals surface area (Å²) in [6.45, 7) is 1.66. The summed E-state index contributed by atoms with van der Waals surface area (Å²) in [6, 6.07) is 5.10. The Morgan fingerprint density at radius 1 is 1.33 bits per heavy atom. The van der Waals surface area contributed by atoms with E-state index in [0.717, 1.165) is 12.3 Å². The van der Waals surface area contributed by atoms with Crippen LogP contribution < -0.4 is 0 Å². The molecule has 0 aliphatic rings. The number of ether oxygens (including phenoxy) is 1. The van der Waals surface area contributed by atoms with Gasteiger partial charge in [-0.2, -0.15) is 0 Å². The predicted octanol–water partition coefficient (Wildman–Crippen LogP) is 1.77. The maximum absolute atomic E-state index is 12.7. The van der Waals surface area contributed by atoms with E-state index < -0.39 is 26.5 Å². The molecule has 0 aliphatic heterocycles. The van der Waals surface area contributed by atoms with Crippen molar-refractivity contribution < 1.29 is 22.3 Å². The third kappa shape index (κ3) is 3.96. The van der Waals surface area contributed by atoms with Crippen LogP contribution in [-0.2, 0) is 19.4 Å². The average molecular weight is 272 g/mol. The van der Waals surface area contributed by atoms with Gasteiger partial charge in [0.2, 0.25) is 0 Å². The fraction of sp³-hybridized carbons (Fsp3) is 0.250. The maximum Gasteiger partial charge on any atom is 0.349 e. The van der Waals surface area contributed by atoms with Crippen molar-refractivity contribution in [2.24, 2.45) is 0 Å². The van der Waals surface area contributed by atoms with Gasteiger partial charge in [0.05, 0.1) is 6.61 Å². The smallest absolute Gasteiger partial charge is 0.349 e. The van der Waals surface area contributed by atoms with Gasteiger partial charge in [0.1, 0.15) is 5.82 Å². The van der Waals surface area contributed by atoms with Gasteiger partial charge in [-0.15, -0.1) is 0 Å². The van der Waals surface area contributed by atoms with Crippen molar-refractivity contribution in [3.8, 4) is 0 Å². The Labute approximate surface area is 105 Å². The van der Waals surface area contributed by atoms with E-state index >= 15 is 0 Å². The summed E-state index contributed by atoms with van der Waals surface area (Å²) in [5.74, 6) is -1.35. The maximum atomic E-state index is 12.7. The summed E-state index contributed by atoms with van der Waals surface area (Å²) in [5, 5.41) is 0. The average Bonchev–Trinajstić information content (AvgIpc) is 2.26. The third-order valence-electron chi connectivity index (χ3n) is 2.04. The Hall–Kier alpha value is -1.69. The van der Waals surface area contributed by atoms with Gasteiger partial charge in [0.15, 0.2) is 14.7 Å². The lowest BCUT2D eigenvalue weighted by atomic mass is 10.2. The van der Waals surface area contributed by atoms with Crippen LogP contribution in [-0.4, -0.2) is 27.2 Å². The van der Waals surface area contributed by atoms with Crippen molar-refractivity contribution in [1.82, 2.24) is 0 Å². The van der Waals surface area contributed by atoms with Crippen LogP contribution >= 0.6 is 0 Å². The second-order valence-electron chi connectivity index (χ2n) is 3.55. The van der Waals surface area contributed by atoms with Crippen LogP contribution in [0, 0.1) is 5.82 Å². The molecule has 0 bridgehead atoms. The molecule has 0 heterocycles. The van der Waals surface area contributed by atoms with Gasteiger partial charge in [-0.1, -0.05) is 12.1 Å². The summed E-state index contributed by atoms with van der Waals surface area (Å²) >= 11 is 0. The molecule has 0 aliphatic carbocycles. The highest BCUT2D eigenvalue weighted by Gasteiger charge is 2.21. The molecule has 0 amide bonds. The van der Waals surface area contributed by atoms with Crippen LogP contribution in [0.2, 0.25) is 0 Å². The number of esters is 1. The lowest BCUT2D eigenvalue weighted by molar-refractivity contribution is -0.137. The highest BCUT2D eigenvalue weighted by Crippen LogP contribution is 2.14. The zero-order chi connectivity index (χ0) is 13.8. The summed E-state index contributed by atoms with van der Waals surface area (Å²) in [7, 11) is -3.70. The van der Waals surface area contributed by atoms with E-state index in [4.69, 9.17) is 0 Å². The van der Waals surface area contributed by atoms with E-state index in [2.05, 4.69) is 4.74 Å². The highest BCUT2D eigenvalue weighted by atomic mass is 32.2. The van der Waals surface area contributed by atoms with E-state index in [1.807, 2.05) is 0 Å². The van der Waals surface area contributed by atoms with Crippen molar-refractivity contribution in [3.05, 3.63) is 40.6 Å². The van der Waals surface area contributed by atoms with Gasteiger partial charge in [0.25, 0.3) is 0 Å². The summed E-state index contributed by atoms with van der Waals surface area (Å²) in [4.78, 5) is 11.1. The number of halogens is 1. The summed E-state index contributed by atoms with van der Waals surface area (Å²) < 4.78 is 40.3. The minimum Gasteiger partial charge on any atom is -0.462 e. The largest absolute Gasteiger partial charge is 0.462 e. The molecule has 0 radical (unpaired) electrons. The molecule has 0 saturated heterocycles. The van der Waals surface area contributed by atoms with Crippen molar-refractivity contribution in [2.45, 2.75) is 6.92 Å². The molecule has 0 spiro atoms. The Balaban J connectivity index is 3.19. The first kappa shape index (κ1) is 14.4. The van der Waals surface area contributed by atoms with Gasteiger partial charge in [-0.3, -0.25) is 0 Å². The second kappa shape index (κ2) is 5.77. The van der Waals surface area contributed by atoms with Crippen molar-refractivity contribution in [2.75, 3.05) is 12.9 Å². The molecule has 1 aromatic carbocycles. The number of hydrogen-bond acceptors (Lipinski definition) is 4. The molecule has 0 N–H and O–H groups in total. The molecule has 98 valence electrons. The van der Waals surface area contributed by atoms with Crippen LogP contribution in [0.25, 0.3) is 6.08 Å². The molecule has 1 aromatic rings. The standard InChI is InChI=1S/C12H13FO4S/c1-3-17-12(14)11(18(2,15)16)8-9-4-6-10(13)7-5-9/h4-8H,3H2,1-2H3/b11-8+. The van der Waals surface area contributed by atoms with Crippen LogP contribution in [0.15, 0.2) is 29.2 Å². The third-order valence-corrected chi connectivity index (χ3v) is 3.13. The molecule has 18 heavy (non-hydrogen) atoms. The fourth-order valence-electron chi connectivity index (χ4n) is 1.23. The normalized spacial score (nSPS) is 12.3. The lowest BCUT2D eigenvalue weighted by Crippen LogP contribution is -2.15. The minimum atomic E-state index is -3.70. The molecular weight excluding hydrogens is 259 g/mol. The number of carbonyl (C=O) groups is 1. The lowest BCUT2D eigenvalue weighted by Gasteiger charge is -2.05. The van der Waals surface area contributed by atoms with Gasteiger partial charge in [-0.25, -0.2) is 17.6 Å². The van der Waals surface area contributed by atoms with Crippen LogP contribution in [0.3, 0.4) is 0 Å². The molecule has 0 unspecified atom stereocenters. The molecule has 0 atom stereocenters. The quantitative estimate of drug-likeness (QED) is 0.619. The monoisotopic (exact) mass is 272 g/mol. The minimum absolute atomic E-state index is 0.0785. The number of hydrogen-bond donors (Lipinski definition) is 0. The zero-order valence-electron chi connectivity index (χ0n) is 10.0. The van der Waals surface area contributed by atoms with Gasteiger partial charge in [0, 0.05) is 6.26 Å². The van der Waals surface area contributed by atoms with Crippen LogP contribution in [0.5, 0.6) is 0 Å². The Kier molecular flexibility index (Phi) is 4.61. The van der Waals surface area contributed by atoms with Crippen LogP contribution in [0.4, 0.5) is 4.39 Å². The fourth-order valence-corrected chi connectivity index (χ4v) is 1.94. The van der Waals surface area contributed by atoms with E-state index in [-0.39, 0.29) is 6.61 Å². The first-order chi connectivity index (χ1) is 8.34. The number of benzene rings is 1. The number of carbonyl (C=O) groups excluding carboxylic acids is 1. The summed E-state index contributed by atoms with van der Waals surface area (Å²) in [5.41, 5.74) is 0.407. The Morgan fingerprint density at radius 2 is 1.89 bits per heavy atom. The van der Waals surface area contributed by atoms with E-state index in [1.54, 1.807) is 6.92 Å². The van der Waals surface area contributed by atoms with E-state index in [0.29, 0.717) is 5.56 Å². The topological polar surface area (TPSA) is 60.4 Å². The molecule has 0 fully saturated rings. The molecule has 0 aromatic heterocycles. The van der Waals surface area contributed by atoms with Gasteiger partial charge in [-0.05, 0) is 30.7 Å². The first-order valence-corrected chi connectivity index (χ1v) is 7.08. The predicted molar refractivity (Wildman–Crippen MR) is 65.9 cm³/mol.